The first kappa shape index (κ1) is 20.8. The minimum atomic E-state index is -3.05. The van der Waals surface area contributed by atoms with Crippen LogP contribution in [0.25, 0.3) is 0 Å². The Morgan fingerprint density at radius 1 is 0.955 bits per heavy atom. The van der Waals surface area contributed by atoms with Crippen molar-refractivity contribution in [2.75, 3.05) is 6.61 Å². The molecule has 0 rings (SSSR count). The van der Waals surface area contributed by atoms with Crippen molar-refractivity contribution in [3.63, 3.8) is 0 Å². The Balaban J connectivity index is 5.54. The second kappa shape index (κ2) is 9.06. The van der Waals surface area contributed by atoms with E-state index < -0.39 is 47.9 Å². The third kappa shape index (κ3) is 4.40. The molecule has 0 aromatic heterocycles. The number of carbonyl (C=O) groups excluding carboxylic acids is 3. The van der Waals surface area contributed by atoms with Crippen LogP contribution in [-0.4, -0.2) is 73.4 Å². The van der Waals surface area contributed by atoms with Crippen LogP contribution < -0.4 is 0 Å². The lowest BCUT2D eigenvalue weighted by molar-refractivity contribution is -0.169. The molecule has 5 N–H and O–H groups in total. The summed E-state index contributed by atoms with van der Waals surface area (Å²) in [6.07, 6.45) is -6.35. The van der Waals surface area contributed by atoms with Gasteiger partial charge in [-0.15, -0.1) is 0 Å². The second-order valence-electron chi connectivity index (χ2n) is 5.11. The van der Waals surface area contributed by atoms with Crippen molar-refractivity contribution >= 4 is 17.3 Å². The van der Waals surface area contributed by atoms with Gasteiger partial charge < -0.3 is 25.5 Å². The van der Waals surface area contributed by atoms with Crippen LogP contribution in [0.4, 0.5) is 0 Å². The van der Waals surface area contributed by atoms with Gasteiger partial charge in [0.25, 0.3) is 0 Å². The molecule has 0 aliphatic heterocycles. The van der Waals surface area contributed by atoms with Gasteiger partial charge in [-0.1, -0.05) is 13.8 Å². The summed E-state index contributed by atoms with van der Waals surface area (Å²) < 4.78 is 0. The third-order valence-corrected chi connectivity index (χ3v) is 3.29. The van der Waals surface area contributed by atoms with Crippen molar-refractivity contribution in [3.8, 4) is 0 Å². The molecular formula is C14H24O8. The highest BCUT2D eigenvalue weighted by Crippen LogP contribution is 2.20. The van der Waals surface area contributed by atoms with Gasteiger partial charge in [0, 0.05) is 12.8 Å². The molecule has 22 heavy (non-hydrogen) atoms. The van der Waals surface area contributed by atoms with E-state index in [1.807, 2.05) is 0 Å². The molecule has 0 spiro atoms. The van der Waals surface area contributed by atoms with Gasteiger partial charge in [-0.25, -0.2) is 0 Å². The molecule has 8 heteroatoms. The van der Waals surface area contributed by atoms with Gasteiger partial charge >= 0.3 is 0 Å². The summed E-state index contributed by atoms with van der Waals surface area (Å²) in [7, 11) is 0. The summed E-state index contributed by atoms with van der Waals surface area (Å²) >= 11 is 0. The summed E-state index contributed by atoms with van der Waals surface area (Å²) in [6.45, 7) is 2.26. The van der Waals surface area contributed by atoms with Gasteiger partial charge in [0.1, 0.15) is 18.3 Å². The molecule has 0 saturated heterocycles. The molecule has 0 aliphatic carbocycles. The fourth-order valence-electron chi connectivity index (χ4n) is 1.93. The van der Waals surface area contributed by atoms with Crippen LogP contribution in [-0.2, 0) is 14.4 Å². The predicted molar refractivity (Wildman–Crippen MR) is 74.9 cm³/mol. The zero-order chi connectivity index (χ0) is 17.5. The van der Waals surface area contributed by atoms with Crippen molar-refractivity contribution in [1.29, 1.82) is 0 Å². The molecule has 0 aromatic carbocycles. The topological polar surface area (TPSA) is 152 Å². The Hall–Kier alpha value is -1.19. The van der Waals surface area contributed by atoms with E-state index in [4.69, 9.17) is 5.11 Å². The fraction of sp³-hybridized carbons (Fsp3) is 0.786. The highest BCUT2D eigenvalue weighted by atomic mass is 16.4. The number of aliphatic hydroxyl groups is 5. The fourth-order valence-corrected chi connectivity index (χ4v) is 1.93. The Bertz CT molecular complexity index is 388. The van der Waals surface area contributed by atoms with E-state index >= 15 is 0 Å². The average Bonchev–Trinajstić information content (AvgIpc) is 2.51. The molecule has 0 bridgehead atoms. The van der Waals surface area contributed by atoms with Crippen molar-refractivity contribution in [3.05, 3.63) is 0 Å². The SMILES string of the molecule is CCCC(=O)C(O)(C(=O)CCC)C(=O)[C@@H](O)[C@H](O)[C@H](O)CO. The van der Waals surface area contributed by atoms with E-state index in [2.05, 4.69) is 0 Å². The van der Waals surface area contributed by atoms with Crippen LogP contribution in [0, 0.1) is 0 Å². The molecular weight excluding hydrogens is 296 g/mol. The lowest BCUT2D eigenvalue weighted by Crippen LogP contribution is -2.60. The highest BCUT2D eigenvalue weighted by Gasteiger charge is 2.53. The van der Waals surface area contributed by atoms with Crippen LogP contribution in [0.15, 0.2) is 0 Å². The molecule has 0 unspecified atom stereocenters. The summed E-state index contributed by atoms with van der Waals surface area (Å²) in [5, 5.41) is 47.5. The number of Topliss-reactive ketones (excluding diaryl/α,β-unsaturated/α-hetero) is 3. The monoisotopic (exact) mass is 320 g/mol. The zero-order valence-corrected chi connectivity index (χ0v) is 12.7. The Morgan fingerprint density at radius 2 is 1.36 bits per heavy atom. The van der Waals surface area contributed by atoms with Gasteiger partial charge in [-0.05, 0) is 12.8 Å². The first-order chi connectivity index (χ1) is 10.2. The summed E-state index contributed by atoms with van der Waals surface area (Å²) in [6, 6.07) is 0. The first-order valence-electron chi connectivity index (χ1n) is 7.16. The van der Waals surface area contributed by atoms with Gasteiger partial charge in [0.2, 0.25) is 11.4 Å². The quantitative estimate of drug-likeness (QED) is 0.277. The van der Waals surface area contributed by atoms with E-state index in [-0.39, 0.29) is 25.7 Å². The van der Waals surface area contributed by atoms with E-state index in [9.17, 15) is 34.8 Å². The number of ketones is 3. The Labute approximate surface area is 128 Å². The third-order valence-electron chi connectivity index (χ3n) is 3.29. The maximum absolute atomic E-state index is 12.2. The molecule has 0 fully saturated rings. The predicted octanol–water partition coefficient (Wildman–Crippen LogP) is -1.90. The van der Waals surface area contributed by atoms with Gasteiger partial charge in [-0.3, -0.25) is 14.4 Å². The minimum absolute atomic E-state index is 0.261. The van der Waals surface area contributed by atoms with Gasteiger partial charge in [0.05, 0.1) is 6.61 Å². The maximum Gasteiger partial charge on any atom is 0.243 e. The molecule has 8 nitrogen and oxygen atoms in total. The first-order valence-corrected chi connectivity index (χ1v) is 7.16. The number of hydrogen-bond donors (Lipinski definition) is 5. The Morgan fingerprint density at radius 3 is 1.68 bits per heavy atom. The van der Waals surface area contributed by atoms with Crippen LogP contribution in [0.1, 0.15) is 39.5 Å². The molecule has 3 atom stereocenters. The minimum Gasteiger partial charge on any atom is -0.394 e. The largest absolute Gasteiger partial charge is 0.394 e. The smallest absolute Gasteiger partial charge is 0.243 e. The molecule has 0 amide bonds. The molecule has 0 aliphatic rings. The number of rotatable bonds is 11. The van der Waals surface area contributed by atoms with E-state index in [0.29, 0.717) is 0 Å². The second-order valence-corrected chi connectivity index (χ2v) is 5.11. The molecule has 0 saturated carbocycles. The average molecular weight is 320 g/mol. The molecule has 0 radical (unpaired) electrons. The standard InChI is InChI=1S/C14H24O8/c1-3-5-9(17)14(22,10(18)6-4-2)13(21)12(20)11(19)8(16)7-15/h8,11-12,15-16,19-20,22H,3-7H2,1-2H3/t8-,11-,12+/m1/s1. The van der Waals surface area contributed by atoms with Crippen LogP contribution in [0.3, 0.4) is 0 Å². The van der Waals surface area contributed by atoms with Crippen molar-refractivity contribution in [1.82, 2.24) is 0 Å². The molecule has 0 aromatic rings. The molecule has 128 valence electrons. The van der Waals surface area contributed by atoms with Gasteiger partial charge in [0.15, 0.2) is 11.6 Å². The van der Waals surface area contributed by atoms with E-state index in [0.717, 1.165) is 0 Å². The summed E-state index contributed by atoms with van der Waals surface area (Å²) in [5.41, 5.74) is -3.05. The van der Waals surface area contributed by atoms with Crippen molar-refractivity contribution in [2.45, 2.75) is 63.4 Å². The number of carbonyl (C=O) groups is 3. The lowest BCUT2D eigenvalue weighted by Gasteiger charge is -2.29. The maximum atomic E-state index is 12.2. The van der Waals surface area contributed by atoms with Gasteiger partial charge in [-0.2, -0.15) is 0 Å². The normalized spacial score (nSPS) is 16.0. The number of hydrogen-bond acceptors (Lipinski definition) is 8. The Kier molecular flexibility index (Phi) is 8.57. The van der Waals surface area contributed by atoms with Crippen molar-refractivity contribution in [2.24, 2.45) is 0 Å². The molecule has 0 heterocycles. The van der Waals surface area contributed by atoms with E-state index in [1.54, 1.807) is 13.8 Å². The summed E-state index contributed by atoms with van der Waals surface area (Å²) in [5.74, 6) is -3.73. The lowest BCUT2D eigenvalue weighted by atomic mass is 9.81. The zero-order valence-electron chi connectivity index (χ0n) is 12.7. The number of aliphatic hydroxyl groups excluding tert-OH is 4. The van der Waals surface area contributed by atoms with Crippen molar-refractivity contribution < 1.29 is 39.9 Å². The van der Waals surface area contributed by atoms with Crippen LogP contribution in [0.5, 0.6) is 0 Å². The van der Waals surface area contributed by atoms with Crippen LogP contribution >= 0.6 is 0 Å². The highest BCUT2D eigenvalue weighted by molar-refractivity contribution is 6.28. The van der Waals surface area contributed by atoms with Crippen LogP contribution in [0.2, 0.25) is 0 Å². The summed E-state index contributed by atoms with van der Waals surface area (Å²) in [4.78, 5) is 36.2. The van der Waals surface area contributed by atoms with E-state index in [1.165, 1.54) is 0 Å².